The Morgan fingerprint density at radius 1 is 1.22 bits per heavy atom. The number of halogens is 1. The average Bonchev–Trinajstić information content (AvgIpc) is 2.94. The van der Waals surface area contributed by atoms with Gasteiger partial charge in [0.05, 0.1) is 0 Å². The van der Waals surface area contributed by atoms with Gasteiger partial charge < -0.3 is 15.6 Å². The number of fused-ring (bicyclic) bond motifs is 1. The van der Waals surface area contributed by atoms with Crippen molar-refractivity contribution in [2.45, 2.75) is 13.3 Å². The van der Waals surface area contributed by atoms with Gasteiger partial charge >= 0.3 is 6.03 Å². The van der Waals surface area contributed by atoms with Crippen molar-refractivity contribution in [2.75, 3.05) is 11.9 Å². The number of anilines is 1. The van der Waals surface area contributed by atoms with Crippen LogP contribution in [0.2, 0.25) is 5.02 Å². The molecule has 0 unspecified atom stereocenters. The van der Waals surface area contributed by atoms with Gasteiger partial charge in [0.25, 0.3) is 0 Å². The highest BCUT2D eigenvalue weighted by Gasteiger charge is 2.05. The van der Waals surface area contributed by atoms with E-state index in [2.05, 4.69) is 21.7 Å². The Labute approximate surface area is 139 Å². The molecule has 2 amide bonds. The zero-order valence-corrected chi connectivity index (χ0v) is 13.6. The molecule has 0 atom stereocenters. The monoisotopic (exact) mass is 327 g/mol. The third-order valence-electron chi connectivity index (χ3n) is 3.78. The predicted molar refractivity (Wildman–Crippen MR) is 95.2 cm³/mol. The molecule has 1 heterocycles. The number of aromatic nitrogens is 1. The van der Waals surface area contributed by atoms with E-state index in [1.165, 1.54) is 10.9 Å². The maximum atomic E-state index is 11.9. The van der Waals surface area contributed by atoms with Gasteiger partial charge in [-0.2, -0.15) is 0 Å². The van der Waals surface area contributed by atoms with Crippen LogP contribution in [0.15, 0.2) is 48.7 Å². The highest BCUT2D eigenvalue weighted by atomic mass is 35.5. The predicted octanol–water partition coefficient (Wildman–Crippen LogP) is 4.49. The number of urea groups is 1. The van der Waals surface area contributed by atoms with Crippen molar-refractivity contribution in [1.29, 1.82) is 0 Å². The molecule has 0 spiro atoms. The molecule has 0 fully saturated rings. The average molecular weight is 328 g/mol. The van der Waals surface area contributed by atoms with Crippen LogP contribution in [0.3, 0.4) is 0 Å². The second-order valence-electron chi connectivity index (χ2n) is 5.45. The van der Waals surface area contributed by atoms with Gasteiger partial charge in [0.15, 0.2) is 0 Å². The van der Waals surface area contributed by atoms with E-state index in [1.54, 1.807) is 6.07 Å². The number of nitrogens with one attached hydrogen (secondary N) is 3. The fourth-order valence-corrected chi connectivity index (χ4v) is 2.68. The SMILES string of the molecule is Cc1ccc(NC(=O)NCCc2c[nH]c3ccccc23)cc1Cl. The maximum Gasteiger partial charge on any atom is 0.319 e. The number of carbonyl (C=O) groups excluding carboxylic acids is 1. The Morgan fingerprint density at radius 2 is 2.04 bits per heavy atom. The van der Waals surface area contributed by atoms with Crippen molar-refractivity contribution in [3.8, 4) is 0 Å². The first-order valence-corrected chi connectivity index (χ1v) is 7.87. The number of carbonyl (C=O) groups is 1. The van der Waals surface area contributed by atoms with Crippen molar-refractivity contribution >= 4 is 34.2 Å². The number of amides is 2. The summed E-state index contributed by atoms with van der Waals surface area (Å²) in [6.45, 7) is 2.49. The second-order valence-corrected chi connectivity index (χ2v) is 5.86. The summed E-state index contributed by atoms with van der Waals surface area (Å²) in [6, 6.07) is 13.4. The Morgan fingerprint density at radius 3 is 2.87 bits per heavy atom. The van der Waals surface area contributed by atoms with Crippen molar-refractivity contribution < 1.29 is 4.79 Å². The molecule has 23 heavy (non-hydrogen) atoms. The summed E-state index contributed by atoms with van der Waals surface area (Å²) in [6.07, 6.45) is 2.76. The summed E-state index contributed by atoms with van der Waals surface area (Å²) in [5.74, 6) is 0. The smallest absolute Gasteiger partial charge is 0.319 e. The van der Waals surface area contributed by atoms with Crippen LogP contribution >= 0.6 is 11.6 Å². The lowest BCUT2D eigenvalue weighted by Gasteiger charge is -2.08. The topological polar surface area (TPSA) is 56.9 Å². The molecule has 118 valence electrons. The van der Waals surface area contributed by atoms with Crippen molar-refractivity contribution in [2.24, 2.45) is 0 Å². The van der Waals surface area contributed by atoms with E-state index in [9.17, 15) is 4.79 Å². The molecule has 5 heteroatoms. The number of hydrogen-bond donors (Lipinski definition) is 3. The number of rotatable bonds is 4. The van der Waals surface area contributed by atoms with Crippen molar-refractivity contribution in [1.82, 2.24) is 10.3 Å². The Kier molecular flexibility index (Phi) is 4.53. The number of aromatic amines is 1. The second kappa shape index (κ2) is 6.75. The molecule has 3 N–H and O–H groups in total. The van der Waals surface area contributed by atoms with Crippen LogP contribution < -0.4 is 10.6 Å². The highest BCUT2D eigenvalue weighted by molar-refractivity contribution is 6.31. The largest absolute Gasteiger partial charge is 0.361 e. The third-order valence-corrected chi connectivity index (χ3v) is 4.19. The number of aryl methyl sites for hydroxylation is 1. The van der Waals surface area contributed by atoms with Gasteiger partial charge in [0, 0.05) is 34.4 Å². The van der Waals surface area contributed by atoms with Gasteiger partial charge in [-0.15, -0.1) is 0 Å². The van der Waals surface area contributed by atoms with E-state index >= 15 is 0 Å². The quantitative estimate of drug-likeness (QED) is 0.649. The molecule has 3 aromatic rings. The van der Waals surface area contributed by atoms with Crippen LogP contribution in [-0.2, 0) is 6.42 Å². The van der Waals surface area contributed by atoms with Crippen LogP contribution in [0.25, 0.3) is 10.9 Å². The van der Waals surface area contributed by atoms with Crippen molar-refractivity contribution in [3.05, 3.63) is 64.8 Å². The van der Waals surface area contributed by atoms with Crippen LogP contribution in [-0.4, -0.2) is 17.6 Å². The molecule has 0 aliphatic carbocycles. The van der Waals surface area contributed by atoms with E-state index in [4.69, 9.17) is 11.6 Å². The highest BCUT2D eigenvalue weighted by Crippen LogP contribution is 2.20. The molecule has 0 aliphatic rings. The lowest BCUT2D eigenvalue weighted by molar-refractivity contribution is 0.252. The molecular formula is C18H18ClN3O. The van der Waals surface area contributed by atoms with Crippen LogP contribution in [0.1, 0.15) is 11.1 Å². The van der Waals surface area contributed by atoms with Crippen LogP contribution in [0.4, 0.5) is 10.5 Å². The Hall–Kier alpha value is -2.46. The minimum Gasteiger partial charge on any atom is -0.361 e. The van der Waals surface area contributed by atoms with Crippen LogP contribution in [0.5, 0.6) is 0 Å². The molecule has 0 radical (unpaired) electrons. The van der Waals surface area contributed by atoms with Crippen molar-refractivity contribution in [3.63, 3.8) is 0 Å². The van der Waals surface area contributed by atoms with E-state index in [0.717, 1.165) is 17.5 Å². The number of H-pyrrole nitrogens is 1. The Bertz CT molecular complexity index is 841. The molecular weight excluding hydrogens is 310 g/mol. The lowest BCUT2D eigenvalue weighted by Crippen LogP contribution is -2.30. The first-order chi connectivity index (χ1) is 11.1. The Balaban J connectivity index is 1.54. The van der Waals surface area contributed by atoms with Gasteiger partial charge in [-0.05, 0) is 42.7 Å². The lowest BCUT2D eigenvalue weighted by atomic mass is 10.1. The number of benzene rings is 2. The van der Waals surface area contributed by atoms with Gasteiger partial charge in [-0.25, -0.2) is 4.79 Å². The summed E-state index contributed by atoms with van der Waals surface area (Å²) in [4.78, 5) is 15.2. The summed E-state index contributed by atoms with van der Waals surface area (Å²) in [5, 5.41) is 7.48. The fourth-order valence-electron chi connectivity index (χ4n) is 2.50. The molecule has 0 saturated carbocycles. The summed E-state index contributed by atoms with van der Waals surface area (Å²) < 4.78 is 0. The first-order valence-electron chi connectivity index (χ1n) is 7.49. The third kappa shape index (κ3) is 3.66. The molecule has 1 aromatic heterocycles. The van der Waals surface area contributed by atoms with Gasteiger partial charge in [-0.1, -0.05) is 35.9 Å². The number of para-hydroxylation sites is 1. The fraction of sp³-hybridized carbons (Fsp3) is 0.167. The van der Waals surface area contributed by atoms with E-state index < -0.39 is 0 Å². The van der Waals surface area contributed by atoms with E-state index in [-0.39, 0.29) is 6.03 Å². The zero-order valence-electron chi connectivity index (χ0n) is 12.8. The summed E-state index contributed by atoms with van der Waals surface area (Å²) in [7, 11) is 0. The molecule has 0 bridgehead atoms. The minimum absolute atomic E-state index is 0.232. The van der Waals surface area contributed by atoms with E-state index in [0.29, 0.717) is 17.3 Å². The number of hydrogen-bond acceptors (Lipinski definition) is 1. The first kappa shape index (κ1) is 15.4. The summed E-state index contributed by atoms with van der Waals surface area (Å²) >= 11 is 6.05. The van der Waals surface area contributed by atoms with Gasteiger partial charge in [0.2, 0.25) is 0 Å². The molecule has 0 saturated heterocycles. The van der Waals surface area contributed by atoms with E-state index in [1.807, 2.05) is 43.5 Å². The minimum atomic E-state index is -0.232. The normalized spacial score (nSPS) is 10.7. The molecule has 2 aromatic carbocycles. The zero-order chi connectivity index (χ0) is 16.2. The van der Waals surface area contributed by atoms with Gasteiger partial charge in [0.1, 0.15) is 0 Å². The van der Waals surface area contributed by atoms with Gasteiger partial charge in [-0.3, -0.25) is 0 Å². The molecule has 4 nitrogen and oxygen atoms in total. The standard InChI is InChI=1S/C18H18ClN3O/c1-12-6-7-14(10-16(12)19)22-18(23)20-9-8-13-11-21-17-5-3-2-4-15(13)17/h2-7,10-11,21H,8-9H2,1H3,(H2,20,22,23). The summed E-state index contributed by atoms with van der Waals surface area (Å²) in [5.41, 5.74) is 3.97. The molecule has 0 aliphatic heterocycles. The van der Waals surface area contributed by atoms with Crippen LogP contribution in [0, 0.1) is 6.92 Å². The maximum absolute atomic E-state index is 11.9. The molecule has 3 rings (SSSR count).